The van der Waals surface area contributed by atoms with Crippen LogP contribution >= 0.6 is 11.8 Å². The van der Waals surface area contributed by atoms with Crippen LogP contribution < -0.4 is 5.84 Å². The molecular weight excluding hydrogens is 343 g/mol. The highest BCUT2D eigenvalue weighted by atomic mass is 32.2. The Balaban J connectivity index is 1.55. The number of nitrogens with two attached hydrogens (primary N) is 1. The number of likely N-dealkylation sites (tertiary alicyclic amines) is 1. The molecule has 1 aromatic rings. The first-order chi connectivity index (χ1) is 11.4. The molecule has 2 N–H and O–H groups in total. The minimum atomic E-state index is -4.66. The molecule has 0 radical (unpaired) electrons. The van der Waals surface area contributed by atoms with Crippen LogP contribution in [0.5, 0.6) is 0 Å². The van der Waals surface area contributed by atoms with Gasteiger partial charge in [0.1, 0.15) is 0 Å². The van der Waals surface area contributed by atoms with Gasteiger partial charge in [0.05, 0.1) is 5.75 Å². The first kappa shape index (κ1) is 17.4. The van der Waals surface area contributed by atoms with E-state index in [0.717, 1.165) is 43.6 Å². The van der Waals surface area contributed by atoms with Crippen molar-refractivity contribution in [3.8, 4) is 0 Å². The molecule has 24 heavy (non-hydrogen) atoms. The number of alkyl halides is 3. The van der Waals surface area contributed by atoms with Crippen molar-refractivity contribution in [2.45, 2.75) is 43.4 Å². The van der Waals surface area contributed by atoms with E-state index in [4.69, 9.17) is 5.84 Å². The number of hydrogen-bond donors (Lipinski definition) is 1. The third kappa shape index (κ3) is 3.62. The Kier molecular flexibility index (Phi) is 4.93. The normalized spacial score (nSPS) is 24.7. The molecule has 0 aromatic carbocycles. The lowest BCUT2D eigenvalue weighted by molar-refractivity contribution is -0.146. The number of nitrogen functional groups attached to an aromatic ring is 1. The number of carbonyl (C=O) groups excluding carboxylic acids is 1. The van der Waals surface area contributed by atoms with Crippen LogP contribution in [-0.2, 0) is 11.0 Å². The SMILES string of the molecule is Nn1c(SCC(=O)N2CC[C@@H]3CCCC[C@H]3C2)nnc1C(F)(F)F. The van der Waals surface area contributed by atoms with E-state index in [-0.39, 0.29) is 16.8 Å². The molecule has 2 heterocycles. The number of amides is 1. The van der Waals surface area contributed by atoms with Gasteiger partial charge in [0, 0.05) is 13.1 Å². The molecule has 1 aliphatic carbocycles. The second-order valence-electron chi connectivity index (χ2n) is 6.40. The minimum Gasteiger partial charge on any atom is -0.342 e. The number of carbonyl (C=O) groups is 1. The van der Waals surface area contributed by atoms with Crippen molar-refractivity contribution in [3.05, 3.63) is 5.82 Å². The summed E-state index contributed by atoms with van der Waals surface area (Å²) in [5, 5.41) is 6.37. The molecule has 1 aromatic heterocycles. The van der Waals surface area contributed by atoms with Gasteiger partial charge in [-0.15, -0.1) is 10.2 Å². The summed E-state index contributed by atoms with van der Waals surface area (Å²) in [5.74, 6) is 5.33. The van der Waals surface area contributed by atoms with Gasteiger partial charge in [0.15, 0.2) is 0 Å². The second kappa shape index (κ2) is 6.81. The number of hydrogen-bond acceptors (Lipinski definition) is 5. The van der Waals surface area contributed by atoms with E-state index >= 15 is 0 Å². The minimum absolute atomic E-state index is 0.0184. The smallest absolute Gasteiger partial charge is 0.342 e. The van der Waals surface area contributed by atoms with Crippen LogP contribution in [0, 0.1) is 11.8 Å². The lowest BCUT2D eigenvalue weighted by Crippen LogP contribution is -2.45. The van der Waals surface area contributed by atoms with Gasteiger partial charge in [0.25, 0.3) is 5.82 Å². The van der Waals surface area contributed by atoms with Gasteiger partial charge in [0.2, 0.25) is 11.1 Å². The summed E-state index contributed by atoms with van der Waals surface area (Å²) >= 11 is 0.888. The van der Waals surface area contributed by atoms with E-state index in [1.807, 2.05) is 4.90 Å². The van der Waals surface area contributed by atoms with Crippen LogP contribution in [0.25, 0.3) is 0 Å². The number of fused-ring (bicyclic) bond motifs is 1. The number of thioether (sulfide) groups is 1. The van der Waals surface area contributed by atoms with E-state index in [1.54, 1.807) is 0 Å². The molecule has 134 valence electrons. The Morgan fingerprint density at radius 3 is 2.58 bits per heavy atom. The molecule has 6 nitrogen and oxygen atoms in total. The molecule has 0 bridgehead atoms. The first-order valence-corrected chi connectivity index (χ1v) is 9.03. The van der Waals surface area contributed by atoms with E-state index in [9.17, 15) is 18.0 Å². The van der Waals surface area contributed by atoms with E-state index in [0.29, 0.717) is 10.6 Å². The Labute approximate surface area is 141 Å². The number of rotatable bonds is 3. The summed E-state index contributed by atoms with van der Waals surface area (Å²) in [7, 11) is 0. The van der Waals surface area contributed by atoms with Gasteiger partial charge < -0.3 is 10.7 Å². The summed E-state index contributed by atoms with van der Waals surface area (Å²) in [6, 6.07) is 0. The average molecular weight is 363 g/mol. The molecule has 0 unspecified atom stereocenters. The summed E-state index contributed by atoms with van der Waals surface area (Å²) in [6.07, 6.45) is 1.26. The fourth-order valence-electron chi connectivity index (χ4n) is 3.61. The van der Waals surface area contributed by atoms with Crippen molar-refractivity contribution in [1.82, 2.24) is 19.8 Å². The Bertz CT molecular complexity index is 606. The summed E-state index contributed by atoms with van der Waals surface area (Å²) in [4.78, 5) is 14.2. The van der Waals surface area contributed by atoms with Crippen molar-refractivity contribution in [1.29, 1.82) is 0 Å². The van der Waals surface area contributed by atoms with Crippen LogP contribution in [0.15, 0.2) is 5.16 Å². The first-order valence-electron chi connectivity index (χ1n) is 8.04. The zero-order valence-corrected chi connectivity index (χ0v) is 13.9. The molecule has 1 amide bonds. The predicted octanol–water partition coefficient (Wildman–Crippen LogP) is 2.14. The summed E-state index contributed by atoms with van der Waals surface area (Å²) in [5.41, 5.74) is 0. The van der Waals surface area contributed by atoms with Crippen LogP contribution in [0.2, 0.25) is 0 Å². The van der Waals surface area contributed by atoms with E-state index in [2.05, 4.69) is 10.2 Å². The fourth-order valence-corrected chi connectivity index (χ4v) is 4.37. The average Bonchev–Trinajstić information content (AvgIpc) is 2.93. The molecule has 10 heteroatoms. The number of halogens is 3. The topological polar surface area (TPSA) is 77.0 Å². The van der Waals surface area contributed by atoms with Gasteiger partial charge in [-0.25, -0.2) is 4.68 Å². The highest BCUT2D eigenvalue weighted by molar-refractivity contribution is 7.99. The highest BCUT2D eigenvalue weighted by Gasteiger charge is 2.38. The Morgan fingerprint density at radius 2 is 1.92 bits per heavy atom. The summed E-state index contributed by atoms with van der Waals surface area (Å²) < 4.78 is 38.3. The number of piperidine rings is 1. The maximum Gasteiger partial charge on any atom is 0.453 e. The zero-order valence-electron chi connectivity index (χ0n) is 13.1. The molecule has 1 aliphatic heterocycles. The largest absolute Gasteiger partial charge is 0.453 e. The standard InChI is InChI=1S/C14H20F3N5OS/c15-14(16,17)12-19-20-13(22(12)18)24-8-11(23)21-6-5-9-3-1-2-4-10(9)7-21/h9-10H,1-8,18H2/t9-,10-/m0/s1. The van der Waals surface area contributed by atoms with Gasteiger partial charge in [-0.3, -0.25) is 4.79 Å². The van der Waals surface area contributed by atoms with E-state index < -0.39 is 12.0 Å². The maximum atomic E-state index is 12.6. The van der Waals surface area contributed by atoms with Gasteiger partial charge in [-0.05, 0) is 24.7 Å². The van der Waals surface area contributed by atoms with Crippen LogP contribution in [0.1, 0.15) is 37.9 Å². The third-order valence-electron chi connectivity index (χ3n) is 4.89. The monoisotopic (exact) mass is 363 g/mol. The molecule has 3 rings (SSSR count). The molecule has 1 saturated carbocycles. The second-order valence-corrected chi connectivity index (χ2v) is 7.34. The van der Waals surface area contributed by atoms with Crippen molar-refractivity contribution in [2.75, 3.05) is 24.7 Å². The lowest BCUT2D eigenvalue weighted by Gasteiger charge is -2.41. The Morgan fingerprint density at radius 1 is 1.21 bits per heavy atom. The van der Waals surface area contributed by atoms with Crippen molar-refractivity contribution >= 4 is 17.7 Å². The Hall–Kier alpha value is -1.45. The van der Waals surface area contributed by atoms with Crippen LogP contribution in [0.3, 0.4) is 0 Å². The maximum absolute atomic E-state index is 12.6. The quantitative estimate of drug-likeness (QED) is 0.658. The lowest BCUT2D eigenvalue weighted by atomic mass is 9.75. The summed E-state index contributed by atoms with van der Waals surface area (Å²) in [6.45, 7) is 1.48. The van der Waals surface area contributed by atoms with Crippen LogP contribution in [0.4, 0.5) is 13.2 Å². The van der Waals surface area contributed by atoms with E-state index in [1.165, 1.54) is 19.3 Å². The van der Waals surface area contributed by atoms with Crippen molar-refractivity contribution in [2.24, 2.45) is 11.8 Å². The van der Waals surface area contributed by atoms with Gasteiger partial charge >= 0.3 is 6.18 Å². The fraction of sp³-hybridized carbons (Fsp3) is 0.786. The molecule has 2 aliphatic rings. The highest BCUT2D eigenvalue weighted by Crippen LogP contribution is 2.36. The third-order valence-corrected chi connectivity index (χ3v) is 5.81. The zero-order chi connectivity index (χ0) is 17.3. The van der Waals surface area contributed by atoms with Crippen LogP contribution in [-0.4, -0.2) is 44.5 Å². The molecular formula is C14H20F3N5OS. The van der Waals surface area contributed by atoms with Gasteiger partial charge in [-0.2, -0.15) is 13.2 Å². The number of aromatic nitrogens is 3. The van der Waals surface area contributed by atoms with Crippen molar-refractivity contribution < 1.29 is 18.0 Å². The predicted molar refractivity (Wildman–Crippen MR) is 82.5 cm³/mol. The number of nitrogens with zero attached hydrogens (tertiary/aromatic N) is 4. The molecule has 2 atom stereocenters. The van der Waals surface area contributed by atoms with Crippen molar-refractivity contribution in [3.63, 3.8) is 0 Å². The van der Waals surface area contributed by atoms with Gasteiger partial charge in [-0.1, -0.05) is 31.0 Å². The molecule has 1 saturated heterocycles. The molecule has 0 spiro atoms. The molecule has 2 fully saturated rings.